The predicted molar refractivity (Wildman–Crippen MR) is 69.2 cm³/mol. The van der Waals surface area contributed by atoms with Crippen LogP contribution in [0.3, 0.4) is 0 Å². The summed E-state index contributed by atoms with van der Waals surface area (Å²) < 4.78 is 1.42. The van der Waals surface area contributed by atoms with Crippen molar-refractivity contribution in [3.8, 4) is 5.95 Å². The highest BCUT2D eigenvalue weighted by molar-refractivity contribution is 5.78. The number of aromatic amines is 1. The van der Waals surface area contributed by atoms with Crippen LogP contribution < -0.4 is 5.56 Å². The second-order valence-electron chi connectivity index (χ2n) is 4.27. The number of fused-ring (bicyclic) bond motifs is 1. The van der Waals surface area contributed by atoms with Gasteiger partial charge in [0.15, 0.2) is 0 Å². The summed E-state index contributed by atoms with van der Waals surface area (Å²) >= 11 is 0. The van der Waals surface area contributed by atoms with Crippen LogP contribution in [-0.2, 0) is 6.42 Å². The Morgan fingerprint density at radius 3 is 2.89 bits per heavy atom. The van der Waals surface area contributed by atoms with Gasteiger partial charge in [0.2, 0.25) is 0 Å². The van der Waals surface area contributed by atoms with Crippen LogP contribution in [0.1, 0.15) is 18.3 Å². The van der Waals surface area contributed by atoms with Crippen molar-refractivity contribution >= 4 is 10.9 Å². The maximum atomic E-state index is 12.6. The van der Waals surface area contributed by atoms with Gasteiger partial charge in [0.05, 0.1) is 10.9 Å². The molecular weight excluding hydrogens is 244 g/mol. The fourth-order valence-electron chi connectivity index (χ4n) is 2.05. The van der Waals surface area contributed by atoms with Crippen molar-refractivity contribution < 1.29 is 0 Å². The van der Waals surface area contributed by atoms with Crippen molar-refractivity contribution in [2.45, 2.75) is 20.3 Å². The number of nitrogens with one attached hydrogen (secondary N) is 1. The number of aromatic nitrogens is 6. The molecular formula is C12H12N6O. The molecule has 0 spiro atoms. The SMILES string of the molecule is CCc1nc2ccc(C)cc2c(=O)n1-c1nnn[nH]1. The van der Waals surface area contributed by atoms with Crippen LogP contribution in [0, 0.1) is 6.92 Å². The Kier molecular flexibility index (Phi) is 2.59. The van der Waals surface area contributed by atoms with E-state index in [0.29, 0.717) is 23.1 Å². The predicted octanol–water partition coefficient (Wildman–Crippen LogP) is 0.770. The Labute approximate surface area is 108 Å². The first-order chi connectivity index (χ1) is 9.20. The Hall–Kier alpha value is -2.57. The molecule has 1 aromatic carbocycles. The average Bonchev–Trinajstić information content (AvgIpc) is 2.93. The number of aryl methyl sites for hydroxylation is 2. The lowest BCUT2D eigenvalue weighted by Crippen LogP contribution is -2.24. The van der Waals surface area contributed by atoms with E-state index in [1.807, 2.05) is 32.0 Å². The summed E-state index contributed by atoms with van der Waals surface area (Å²) in [6, 6.07) is 5.62. The van der Waals surface area contributed by atoms with Gasteiger partial charge in [-0.25, -0.2) is 14.6 Å². The Morgan fingerprint density at radius 2 is 2.21 bits per heavy atom. The number of tetrazole rings is 1. The van der Waals surface area contributed by atoms with E-state index in [9.17, 15) is 4.79 Å². The van der Waals surface area contributed by atoms with Gasteiger partial charge in [0.25, 0.3) is 11.5 Å². The number of benzene rings is 1. The molecule has 7 heteroatoms. The van der Waals surface area contributed by atoms with Gasteiger partial charge >= 0.3 is 0 Å². The zero-order valence-electron chi connectivity index (χ0n) is 10.6. The fourth-order valence-corrected chi connectivity index (χ4v) is 2.05. The molecule has 1 N–H and O–H groups in total. The van der Waals surface area contributed by atoms with E-state index in [1.54, 1.807) is 0 Å². The molecule has 96 valence electrons. The van der Waals surface area contributed by atoms with Crippen molar-refractivity contribution in [2.75, 3.05) is 0 Å². The second-order valence-corrected chi connectivity index (χ2v) is 4.27. The summed E-state index contributed by atoms with van der Waals surface area (Å²) in [5, 5.41) is 14.0. The highest BCUT2D eigenvalue weighted by Gasteiger charge is 2.13. The van der Waals surface area contributed by atoms with Gasteiger partial charge in [-0.3, -0.25) is 4.79 Å². The third kappa shape index (κ3) is 1.79. The molecule has 19 heavy (non-hydrogen) atoms. The molecule has 0 fully saturated rings. The van der Waals surface area contributed by atoms with E-state index in [1.165, 1.54) is 4.57 Å². The van der Waals surface area contributed by atoms with Gasteiger partial charge in [-0.1, -0.05) is 23.7 Å². The first-order valence-corrected chi connectivity index (χ1v) is 5.97. The number of H-pyrrole nitrogens is 1. The first kappa shape index (κ1) is 11.5. The quantitative estimate of drug-likeness (QED) is 0.731. The number of hydrogen-bond acceptors (Lipinski definition) is 5. The molecule has 0 unspecified atom stereocenters. The van der Waals surface area contributed by atoms with Gasteiger partial charge in [0, 0.05) is 6.42 Å². The maximum Gasteiger partial charge on any atom is 0.268 e. The van der Waals surface area contributed by atoms with Crippen molar-refractivity contribution in [1.82, 2.24) is 30.2 Å². The van der Waals surface area contributed by atoms with Crippen LogP contribution in [0.25, 0.3) is 16.9 Å². The van der Waals surface area contributed by atoms with E-state index in [-0.39, 0.29) is 11.5 Å². The van der Waals surface area contributed by atoms with Gasteiger partial charge in [-0.05, 0) is 29.5 Å². The third-order valence-electron chi connectivity index (χ3n) is 2.96. The molecule has 0 aliphatic rings. The van der Waals surface area contributed by atoms with Crippen LogP contribution in [0.4, 0.5) is 0 Å². The molecule has 0 amide bonds. The highest BCUT2D eigenvalue weighted by Crippen LogP contribution is 2.12. The Balaban J connectivity index is 2.43. The minimum Gasteiger partial charge on any atom is -0.268 e. The van der Waals surface area contributed by atoms with Gasteiger partial charge in [-0.2, -0.15) is 0 Å². The number of hydrogen-bond donors (Lipinski definition) is 1. The fraction of sp³-hybridized carbons (Fsp3) is 0.250. The lowest BCUT2D eigenvalue weighted by atomic mass is 10.1. The van der Waals surface area contributed by atoms with Crippen LogP contribution in [0.2, 0.25) is 0 Å². The highest BCUT2D eigenvalue weighted by atomic mass is 16.1. The van der Waals surface area contributed by atoms with E-state index in [0.717, 1.165) is 5.56 Å². The summed E-state index contributed by atoms with van der Waals surface area (Å²) in [6.45, 7) is 3.87. The molecule has 0 bridgehead atoms. The minimum atomic E-state index is -0.163. The molecule has 3 rings (SSSR count). The minimum absolute atomic E-state index is 0.163. The molecule has 0 saturated heterocycles. The average molecular weight is 256 g/mol. The summed E-state index contributed by atoms with van der Waals surface area (Å²) in [5.41, 5.74) is 1.54. The molecule has 2 aromatic heterocycles. The van der Waals surface area contributed by atoms with Crippen LogP contribution in [0.5, 0.6) is 0 Å². The van der Waals surface area contributed by atoms with E-state index in [4.69, 9.17) is 0 Å². The molecule has 0 saturated carbocycles. The monoisotopic (exact) mass is 256 g/mol. The number of rotatable bonds is 2. The summed E-state index contributed by atoms with van der Waals surface area (Å²) in [7, 11) is 0. The van der Waals surface area contributed by atoms with Crippen molar-refractivity contribution in [2.24, 2.45) is 0 Å². The van der Waals surface area contributed by atoms with Gasteiger partial charge in [-0.15, -0.1) is 0 Å². The molecule has 0 radical (unpaired) electrons. The summed E-state index contributed by atoms with van der Waals surface area (Å²) in [6.07, 6.45) is 0.611. The van der Waals surface area contributed by atoms with Crippen molar-refractivity contribution in [1.29, 1.82) is 0 Å². The van der Waals surface area contributed by atoms with Gasteiger partial charge in [0.1, 0.15) is 5.82 Å². The molecule has 3 aromatic rings. The lowest BCUT2D eigenvalue weighted by molar-refractivity contribution is 0.788. The molecule has 7 nitrogen and oxygen atoms in total. The Morgan fingerprint density at radius 1 is 1.37 bits per heavy atom. The van der Waals surface area contributed by atoms with Crippen molar-refractivity contribution in [3.63, 3.8) is 0 Å². The van der Waals surface area contributed by atoms with E-state index >= 15 is 0 Å². The Bertz CT molecular complexity index is 790. The molecule has 0 aliphatic carbocycles. The maximum absolute atomic E-state index is 12.6. The topological polar surface area (TPSA) is 89.3 Å². The smallest absolute Gasteiger partial charge is 0.268 e. The second kappa shape index (κ2) is 4.27. The molecule has 0 aliphatic heterocycles. The molecule has 0 atom stereocenters. The van der Waals surface area contributed by atoms with Crippen LogP contribution in [0.15, 0.2) is 23.0 Å². The van der Waals surface area contributed by atoms with Crippen LogP contribution >= 0.6 is 0 Å². The van der Waals surface area contributed by atoms with Crippen molar-refractivity contribution in [3.05, 3.63) is 39.9 Å². The zero-order valence-corrected chi connectivity index (χ0v) is 10.6. The lowest BCUT2D eigenvalue weighted by Gasteiger charge is -2.09. The standard InChI is InChI=1S/C12H12N6O/c1-3-10-13-9-5-4-7(2)6-8(9)11(19)18(10)12-14-16-17-15-12/h4-6H,3H2,1-2H3,(H,14,15,16,17). The normalized spacial score (nSPS) is 11.1. The van der Waals surface area contributed by atoms with Gasteiger partial charge < -0.3 is 0 Å². The number of nitrogens with zero attached hydrogens (tertiary/aromatic N) is 5. The first-order valence-electron chi connectivity index (χ1n) is 5.97. The summed E-state index contributed by atoms with van der Waals surface area (Å²) in [4.78, 5) is 17.1. The van der Waals surface area contributed by atoms with E-state index in [2.05, 4.69) is 25.6 Å². The zero-order chi connectivity index (χ0) is 13.4. The molecule has 2 heterocycles. The van der Waals surface area contributed by atoms with Crippen LogP contribution in [-0.4, -0.2) is 30.2 Å². The van der Waals surface area contributed by atoms with E-state index < -0.39 is 0 Å². The summed E-state index contributed by atoms with van der Waals surface area (Å²) in [5.74, 6) is 0.914. The largest absolute Gasteiger partial charge is 0.268 e. The third-order valence-corrected chi connectivity index (χ3v) is 2.96.